The van der Waals surface area contributed by atoms with Gasteiger partial charge in [-0.25, -0.2) is 0 Å². The molecule has 0 aromatic heterocycles. The predicted octanol–water partition coefficient (Wildman–Crippen LogP) is 0.660. The number of methoxy groups -OCH3 is 1. The molecule has 2 heterocycles. The maximum Gasteiger partial charge on any atom is 0.254 e. The average Bonchev–Trinajstić information content (AvgIpc) is 3.07. The summed E-state index contributed by atoms with van der Waals surface area (Å²) in [5.74, 6) is -0.144. The molecule has 136 valence electrons. The maximum absolute atomic E-state index is 12.8. The molecule has 2 aliphatic heterocycles. The van der Waals surface area contributed by atoms with Gasteiger partial charge in [-0.15, -0.1) is 0 Å². The highest BCUT2D eigenvalue weighted by molar-refractivity contribution is 5.99. The Morgan fingerprint density at radius 3 is 2.88 bits per heavy atom. The average molecular weight is 348 g/mol. The number of carbonyl (C=O) groups is 2. The molecule has 0 saturated carbocycles. The fraction of sp³-hybridized carbons (Fsp3) is 0.556. The van der Waals surface area contributed by atoms with Gasteiger partial charge in [-0.05, 0) is 24.6 Å². The molecule has 0 bridgehead atoms. The lowest BCUT2D eigenvalue weighted by atomic mass is 10.0. The van der Waals surface area contributed by atoms with Gasteiger partial charge in [-0.1, -0.05) is 6.07 Å². The molecule has 3 atom stereocenters. The van der Waals surface area contributed by atoms with Crippen LogP contribution in [0.15, 0.2) is 24.3 Å². The first-order chi connectivity index (χ1) is 12.0. The van der Waals surface area contributed by atoms with Crippen LogP contribution in [0.5, 0.6) is 0 Å². The summed E-state index contributed by atoms with van der Waals surface area (Å²) in [6.07, 6.45) is 0.113. The molecule has 1 aromatic carbocycles. The highest BCUT2D eigenvalue weighted by atomic mass is 16.5. The molecular formula is C18H24N2O5. The second-order valence-corrected chi connectivity index (χ2v) is 6.48. The molecule has 2 fully saturated rings. The first kappa shape index (κ1) is 17.8. The Balaban J connectivity index is 1.77. The van der Waals surface area contributed by atoms with Crippen LogP contribution >= 0.6 is 0 Å². The van der Waals surface area contributed by atoms with Crippen LogP contribution in [0, 0.1) is 0 Å². The van der Waals surface area contributed by atoms with Crippen LogP contribution in [0.25, 0.3) is 0 Å². The van der Waals surface area contributed by atoms with Crippen molar-refractivity contribution in [3.05, 3.63) is 29.8 Å². The Hall–Kier alpha value is -1.96. The van der Waals surface area contributed by atoms with E-state index < -0.39 is 18.2 Å². The summed E-state index contributed by atoms with van der Waals surface area (Å²) in [6, 6.07) is 6.56. The lowest BCUT2D eigenvalue weighted by Crippen LogP contribution is -2.56. The molecule has 25 heavy (non-hydrogen) atoms. The number of carbonyl (C=O) groups excluding carboxylic acids is 2. The fourth-order valence-corrected chi connectivity index (χ4v) is 3.38. The molecule has 7 nitrogen and oxygen atoms in total. The van der Waals surface area contributed by atoms with Gasteiger partial charge in [0, 0.05) is 38.4 Å². The third-order valence-corrected chi connectivity index (χ3v) is 4.94. The van der Waals surface area contributed by atoms with Gasteiger partial charge in [-0.3, -0.25) is 9.59 Å². The van der Waals surface area contributed by atoms with E-state index in [0.717, 1.165) is 12.1 Å². The van der Waals surface area contributed by atoms with Crippen molar-refractivity contribution in [3.63, 3.8) is 0 Å². The van der Waals surface area contributed by atoms with Crippen LogP contribution in [0.1, 0.15) is 23.2 Å². The zero-order chi connectivity index (χ0) is 18.0. The van der Waals surface area contributed by atoms with E-state index in [1.54, 1.807) is 30.1 Å². The molecule has 2 amide bonds. The van der Waals surface area contributed by atoms with Crippen molar-refractivity contribution in [2.24, 2.45) is 0 Å². The van der Waals surface area contributed by atoms with Gasteiger partial charge < -0.3 is 24.4 Å². The molecule has 2 aliphatic rings. The lowest BCUT2D eigenvalue weighted by Gasteiger charge is -2.38. The van der Waals surface area contributed by atoms with E-state index in [1.165, 1.54) is 12.0 Å². The minimum absolute atomic E-state index is 0.0805. The zero-order valence-electron chi connectivity index (χ0n) is 14.6. The Labute approximate surface area is 147 Å². The number of benzene rings is 1. The summed E-state index contributed by atoms with van der Waals surface area (Å²) < 4.78 is 10.7. The number of rotatable bonds is 4. The molecule has 0 radical (unpaired) electrons. The number of aliphatic hydroxyl groups is 1. The van der Waals surface area contributed by atoms with Gasteiger partial charge in [0.2, 0.25) is 5.91 Å². The van der Waals surface area contributed by atoms with Crippen LogP contribution in [0.4, 0.5) is 5.69 Å². The highest BCUT2D eigenvalue weighted by Crippen LogP contribution is 2.24. The van der Waals surface area contributed by atoms with Crippen molar-refractivity contribution in [2.45, 2.75) is 31.1 Å². The molecular weight excluding hydrogens is 324 g/mol. The van der Waals surface area contributed by atoms with Crippen molar-refractivity contribution in [3.8, 4) is 0 Å². The Morgan fingerprint density at radius 1 is 1.40 bits per heavy atom. The molecule has 3 rings (SSSR count). The Bertz CT molecular complexity index is 650. The van der Waals surface area contributed by atoms with Crippen LogP contribution in [0.2, 0.25) is 0 Å². The van der Waals surface area contributed by atoms with Crippen LogP contribution < -0.4 is 4.90 Å². The third kappa shape index (κ3) is 3.53. The summed E-state index contributed by atoms with van der Waals surface area (Å²) in [4.78, 5) is 28.0. The summed E-state index contributed by atoms with van der Waals surface area (Å²) in [5, 5.41) is 10.4. The van der Waals surface area contributed by atoms with E-state index in [4.69, 9.17) is 9.47 Å². The molecule has 0 unspecified atom stereocenters. The SMILES string of the molecule is CO[C@@H]1COC[C@@H](N(C)C(=O)c2cccc(N3CCCC3=O)c2)[C@@H]1O. The summed E-state index contributed by atoms with van der Waals surface area (Å²) in [5.41, 5.74) is 1.21. The quantitative estimate of drug-likeness (QED) is 0.865. The minimum atomic E-state index is -0.809. The van der Waals surface area contributed by atoms with Crippen LogP contribution in [0.3, 0.4) is 0 Å². The van der Waals surface area contributed by atoms with Gasteiger partial charge in [0.05, 0.1) is 19.3 Å². The van der Waals surface area contributed by atoms with Gasteiger partial charge in [0.25, 0.3) is 5.91 Å². The fourth-order valence-electron chi connectivity index (χ4n) is 3.38. The first-order valence-electron chi connectivity index (χ1n) is 8.49. The van der Waals surface area contributed by atoms with Crippen molar-refractivity contribution in [2.75, 3.05) is 38.8 Å². The molecule has 0 aliphatic carbocycles. The van der Waals surface area contributed by atoms with E-state index in [1.807, 2.05) is 6.07 Å². The largest absolute Gasteiger partial charge is 0.388 e. The third-order valence-electron chi connectivity index (χ3n) is 4.94. The number of nitrogens with zero attached hydrogens (tertiary/aromatic N) is 2. The van der Waals surface area contributed by atoms with E-state index in [0.29, 0.717) is 25.1 Å². The smallest absolute Gasteiger partial charge is 0.254 e. The van der Waals surface area contributed by atoms with E-state index >= 15 is 0 Å². The van der Waals surface area contributed by atoms with Crippen molar-refractivity contribution < 1.29 is 24.2 Å². The number of ether oxygens (including phenoxy) is 2. The van der Waals surface area contributed by atoms with E-state index in [-0.39, 0.29) is 18.4 Å². The lowest BCUT2D eigenvalue weighted by molar-refractivity contribution is -0.135. The zero-order valence-corrected chi connectivity index (χ0v) is 14.6. The molecule has 0 spiro atoms. The number of likely N-dealkylation sites (N-methyl/N-ethyl adjacent to an activating group) is 1. The molecule has 2 saturated heterocycles. The summed E-state index contributed by atoms with van der Waals surface area (Å²) >= 11 is 0. The number of aliphatic hydroxyl groups excluding tert-OH is 1. The normalized spacial score (nSPS) is 26.8. The van der Waals surface area contributed by atoms with Crippen molar-refractivity contribution in [1.29, 1.82) is 0 Å². The number of hydrogen-bond acceptors (Lipinski definition) is 5. The van der Waals surface area contributed by atoms with Gasteiger partial charge in [0.1, 0.15) is 12.2 Å². The molecule has 1 aromatic rings. The molecule has 1 N–H and O–H groups in total. The summed E-state index contributed by atoms with van der Waals surface area (Å²) in [7, 11) is 3.16. The minimum Gasteiger partial charge on any atom is -0.388 e. The highest BCUT2D eigenvalue weighted by Gasteiger charge is 2.37. The number of anilines is 1. The molecule has 7 heteroatoms. The summed E-state index contributed by atoms with van der Waals surface area (Å²) in [6.45, 7) is 1.24. The second-order valence-electron chi connectivity index (χ2n) is 6.48. The number of hydrogen-bond donors (Lipinski definition) is 1. The van der Waals surface area contributed by atoms with Crippen LogP contribution in [-0.4, -0.2) is 74.0 Å². The van der Waals surface area contributed by atoms with E-state index in [9.17, 15) is 14.7 Å². The number of amides is 2. The predicted molar refractivity (Wildman–Crippen MR) is 91.5 cm³/mol. The second kappa shape index (κ2) is 7.51. The van der Waals surface area contributed by atoms with Crippen LogP contribution in [-0.2, 0) is 14.3 Å². The van der Waals surface area contributed by atoms with Crippen molar-refractivity contribution in [1.82, 2.24) is 4.90 Å². The van der Waals surface area contributed by atoms with Crippen molar-refractivity contribution >= 4 is 17.5 Å². The van der Waals surface area contributed by atoms with E-state index in [2.05, 4.69) is 0 Å². The first-order valence-corrected chi connectivity index (χ1v) is 8.49. The maximum atomic E-state index is 12.8. The van der Waals surface area contributed by atoms with Gasteiger partial charge in [-0.2, -0.15) is 0 Å². The topological polar surface area (TPSA) is 79.3 Å². The standard InChI is InChI=1S/C18H24N2O5/c1-19(14-10-25-11-15(24-2)17(14)22)18(23)12-5-3-6-13(9-12)20-8-4-7-16(20)21/h3,5-6,9,14-15,17,22H,4,7-8,10-11H2,1-2H3/t14-,15-,17+/m1/s1. The van der Waals surface area contributed by atoms with Gasteiger partial charge >= 0.3 is 0 Å². The monoisotopic (exact) mass is 348 g/mol. The van der Waals surface area contributed by atoms with Gasteiger partial charge in [0.15, 0.2) is 0 Å². The Morgan fingerprint density at radius 2 is 2.20 bits per heavy atom. The Kier molecular flexibility index (Phi) is 5.36.